The second kappa shape index (κ2) is 7.01. The van der Waals surface area contributed by atoms with E-state index in [1.54, 1.807) is 0 Å². The van der Waals surface area contributed by atoms with Crippen LogP contribution in [0.4, 0.5) is 0 Å². The Labute approximate surface area is 90.1 Å². The fourth-order valence-electron chi connectivity index (χ4n) is 1.17. The van der Waals surface area contributed by atoms with Gasteiger partial charge in [0.1, 0.15) is 0 Å². The molecule has 0 nitrogen and oxygen atoms in total. The SMILES string of the molecule is C[Se]CC(C)(C[Se]C)C[Se]C. The molecule has 0 bridgehead atoms. The van der Waals surface area contributed by atoms with Crippen molar-refractivity contribution in [3.63, 3.8) is 0 Å². The molecular weight excluding hydrogens is 333 g/mol. The van der Waals surface area contributed by atoms with Gasteiger partial charge in [-0.3, -0.25) is 0 Å². The summed E-state index contributed by atoms with van der Waals surface area (Å²) in [6, 6.07) is 0. The van der Waals surface area contributed by atoms with Crippen molar-refractivity contribution in [3.8, 4) is 0 Å². The Hall–Kier alpha value is 1.56. The maximum atomic E-state index is 2.49. The first kappa shape index (κ1) is 12.6. The van der Waals surface area contributed by atoms with Gasteiger partial charge >= 0.3 is 90.6 Å². The number of hydrogen-bond acceptors (Lipinski definition) is 0. The molecule has 0 rings (SSSR count). The molecule has 11 heavy (non-hydrogen) atoms. The van der Waals surface area contributed by atoms with Gasteiger partial charge in [-0.15, -0.1) is 0 Å². The molecule has 0 fully saturated rings. The van der Waals surface area contributed by atoms with E-state index in [4.69, 9.17) is 0 Å². The van der Waals surface area contributed by atoms with Crippen LogP contribution in [0, 0.1) is 5.41 Å². The van der Waals surface area contributed by atoms with Crippen molar-refractivity contribution < 1.29 is 0 Å². The van der Waals surface area contributed by atoms with Gasteiger partial charge in [0.05, 0.1) is 0 Å². The topological polar surface area (TPSA) is 0 Å². The van der Waals surface area contributed by atoms with E-state index in [1.807, 2.05) is 0 Å². The van der Waals surface area contributed by atoms with Crippen LogP contribution in [0.1, 0.15) is 6.92 Å². The zero-order valence-electron chi connectivity index (χ0n) is 7.85. The zero-order chi connectivity index (χ0) is 8.74. The van der Waals surface area contributed by atoms with Gasteiger partial charge in [0.2, 0.25) is 0 Å². The predicted octanol–water partition coefficient (Wildman–Crippen LogP) is 2.50. The van der Waals surface area contributed by atoms with Gasteiger partial charge < -0.3 is 0 Å². The van der Waals surface area contributed by atoms with E-state index in [0.717, 1.165) is 50.3 Å². The molecular formula is C8H18Se3. The summed E-state index contributed by atoms with van der Waals surface area (Å²) in [5.74, 6) is 7.11. The van der Waals surface area contributed by atoms with Crippen LogP contribution in [0.15, 0.2) is 0 Å². The van der Waals surface area contributed by atoms with Crippen LogP contribution in [0.5, 0.6) is 0 Å². The monoisotopic (exact) mass is 354 g/mol. The molecule has 0 unspecified atom stereocenters. The molecule has 0 N–H and O–H groups in total. The summed E-state index contributed by atoms with van der Waals surface area (Å²) < 4.78 is 0. The van der Waals surface area contributed by atoms with Gasteiger partial charge in [-0.1, -0.05) is 0 Å². The fraction of sp³-hybridized carbons (Fsp3) is 1.00. The Morgan fingerprint density at radius 2 is 1.09 bits per heavy atom. The molecule has 0 radical (unpaired) electrons. The standard InChI is InChI=1S/C8H18Se3/c1-8(5-9-2,6-10-3)7-11-4/h5-7H2,1-4H3. The molecule has 0 heterocycles. The quantitative estimate of drug-likeness (QED) is 0.646. The van der Waals surface area contributed by atoms with E-state index in [1.165, 1.54) is 16.0 Å². The summed E-state index contributed by atoms with van der Waals surface area (Å²) in [6.45, 7) is 2.49. The molecule has 3 heteroatoms. The summed E-state index contributed by atoms with van der Waals surface area (Å²) in [4.78, 5) is 0. The molecule has 0 saturated heterocycles. The minimum atomic E-state index is 0.734. The summed E-state index contributed by atoms with van der Waals surface area (Å²) in [6.07, 6.45) is 0. The average molecular weight is 351 g/mol. The molecule has 68 valence electrons. The first-order chi connectivity index (χ1) is 5.18. The van der Waals surface area contributed by atoms with Crippen LogP contribution in [0.3, 0.4) is 0 Å². The van der Waals surface area contributed by atoms with Crippen molar-refractivity contribution in [2.24, 2.45) is 5.41 Å². The molecule has 0 aliphatic rings. The Bertz CT molecular complexity index is 76.3. The average Bonchev–Trinajstić information content (AvgIpc) is 1.88. The van der Waals surface area contributed by atoms with Crippen LogP contribution in [0.25, 0.3) is 0 Å². The predicted molar refractivity (Wildman–Crippen MR) is 57.4 cm³/mol. The van der Waals surface area contributed by atoms with Gasteiger partial charge in [0, 0.05) is 0 Å². The van der Waals surface area contributed by atoms with Gasteiger partial charge in [0.15, 0.2) is 0 Å². The van der Waals surface area contributed by atoms with Gasteiger partial charge in [0.25, 0.3) is 0 Å². The molecule has 0 atom stereocenters. The van der Waals surface area contributed by atoms with Crippen LogP contribution in [-0.2, 0) is 0 Å². The van der Waals surface area contributed by atoms with E-state index >= 15 is 0 Å². The first-order valence-electron chi connectivity index (χ1n) is 3.65. The molecule has 0 aliphatic carbocycles. The second-order valence-corrected chi connectivity index (χ2v) is 8.56. The van der Waals surface area contributed by atoms with E-state index < -0.39 is 0 Å². The third kappa shape index (κ3) is 5.74. The maximum absolute atomic E-state index is 2.49. The van der Waals surface area contributed by atoms with Crippen molar-refractivity contribution >= 4 is 44.9 Å². The summed E-state index contributed by atoms with van der Waals surface area (Å²) in [5.41, 5.74) is 0.734. The van der Waals surface area contributed by atoms with Gasteiger partial charge in [-0.25, -0.2) is 0 Å². The summed E-state index contributed by atoms with van der Waals surface area (Å²) in [7, 11) is 0. The van der Waals surface area contributed by atoms with Crippen molar-refractivity contribution in [1.82, 2.24) is 0 Å². The Morgan fingerprint density at radius 3 is 1.27 bits per heavy atom. The summed E-state index contributed by atoms with van der Waals surface area (Å²) >= 11 is 2.64. The second-order valence-electron chi connectivity index (χ2n) is 3.11. The van der Waals surface area contributed by atoms with E-state index in [9.17, 15) is 0 Å². The van der Waals surface area contributed by atoms with Crippen LogP contribution >= 0.6 is 0 Å². The third-order valence-electron chi connectivity index (χ3n) is 1.48. The van der Waals surface area contributed by atoms with Crippen molar-refractivity contribution in [1.29, 1.82) is 0 Å². The Balaban J connectivity index is 3.79. The van der Waals surface area contributed by atoms with Crippen LogP contribution < -0.4 is 0 Å². The van der Waals surface area contributed by atoms with Crippen molar-refractivity contribution in [2.45, 2.75) is 40.3 Å². The van der Waals surface area contributed by atoms with Gasteiger partial charge in [-0.2, -0.15) is 0 Å². The number of rotatable bonds is 6. The van der Waals surface area contributed by atoms with E-state index in [2.05, 4.69) is 24.4 Å². The van der Waals surface area contributed by atoms with Crippen molar-refractivity contribution in [3.05, 3.63) is 0 Å². The number of hydrogen-bond donors (Lipinski definition) is 0. The fourth-order valence-corrected chi connectivity index (χ4v) is 8.81. The molecule has 0 amide bonds. The molecule has 0 aromatic heterocycles. The molecule has 0 aromatic rings. The molecule has 0 spiro atoms. The normalized spacial score (nSPS) is 12.0. The summed E-state index contributed by atoms with van der Waals surface area (Å²) in [5, 5.41) is 4.52. The zero-order valence-corrected chi connectivity index (χ0v) is 13.0. The van der Waals surface area contributed by atoms with Crippen LogP contribution in [-0.4, -0.2) is 44.9 Å². The van der Waals surface area contributed by atoms with Crippen molar-refractivity contribution in [2.75, 3.05) is 0 Å². The van der Waals surface area contributed by atoms with Gasteiger partial charge in [-0.05, 0) is 0 Å². The third-order valence-corrected chi connectivity index (χ3v) is 7.68. The Morgan fingerprint density at radius 1 is 0.818 bits per heavy atom. The molecule has 0 aromatic carbocycles. The van der Waals surface area contributed by atoms with E-state index in [-0.39, 0.29) is 0 Å². The minimum absolute atomic E-state index is 0.734. The Kier molecular flexibility index (Phi) is 8.00. The van der Waals surface area contributed by atoms with E-state index in [0.29, 0.717) is 0 Å². The molecule has 0 saturated carbocycles. The molecule has 0 aliphatic heterocycles. The van der Waals surface area contributed by atoms with Crippen LogP contribution in [0.2, 0.25) is 33.4 Å². The first-order valence-corrected chi connectivity index (χ1v) is 12.4.